The van der Waals surface area contributed by atoms with Gasteiger partial charge in [-0.3, -0.25) is 4.98 Å². The summed E-state index contributed by atoms with van der Waals surface area (Å²) in [5.74, 6) is 0. The molecule has 0 radical (unpaired) electrons. The third kappa shape index (κ3) is 2.80. The van der Waals surface area contributed by atoms with Gasteiger partial charge in [0.1, 0.15) is 6.10 Å². The fourth-order valence-corrected chi connectivity index (χ4v) is 1.52. The number of nitrogens with zero attached hydrogens (tertiary/aromatic N) is 1. The molecule has 0 aliphatic rings. The van der Waals surface area contributed by atoms with Crippen LogP contribution in [0, 0.1) is 0 Å². The smallest absolute Gasteiger partial charge is 0.164 e. The second kappa shape index (κ2) is 4.17. The Morgan fingerprint density at radius 2 is 2.08 bits per heavy atom. The van der Waals surface area contributed by atoms with E-state index in [2.05, 4.69) is 52.8 Å². The van der Waals surface area contributed by atoms with Crippen LogP contribution in [0.2, 0.25) is 0 Å². The molecule has 0 fully saturated rings. The van der Waals surface area contributed by atoms with Crippen LogP contribution in [-0.2, 0) is 0 Å². The molecule has 1 rings (SSSR count). The average Bonchev–Trinajstić information content (AvgIpc) is 2.03. The monoisotopic (exact) mass is 357 g/mol. The van der Waals surface area contributed by atoms with Crippen LogP contribution < -0.4 is 0 Å². The molecule has 2 nitrogen and oxygen atoms in total. The van der Waals surface area contributed by atoms with Crippen LogP contribution in [0.25, 0.3) is 0 Å². The summed E-state index contributed by atoms with van der Waals surface area (Å²) in [6.45, 7) is 0. The van der Waals surface area contributed by atoms with Crippen molar-refractivity contribution < 1.29 is 5.11 Å². The minimum absolute atomic E-state index is 0.684. The molecule has 12 heavy (non-hydrogen) atoms. The predicted octanol–water partition coefficient (Wildman–Crippen LogP) is 2.95. The summed E-state index contributed by atoms with van der Waals surface area (Å²) in [6, 6.07) is 3.58. The molecule has 1 unspecified atom stereocenters. The van der Waals surface area contributed by atoms with Crippen molar-refractivity contribution in [3.05, 3.63) is 30.1 Å². The van der Waals surface area contributed by atoms with E-state index >= 15 is 0 Å². The van der Waals surface area contributed by atoms with Crippen LogP contribution in [0.5, 0.6) is 0 Å². The van der Waals surface area contributed by atoms with Gasteiger partial charge in [-0.25, -0.2) is 0 Å². The molecule has 0 spiro atoms. The van der Waals surface area contributed by atoms with Crippen molar-refractivity contribution >= 4 is 47.8 Å². The standard InChI is InChI=1S/C7H6Br3NO/c8-7(9,10)6(12)5-2-1-3-11-4-5/h1-4,6,12H. The van der Waals surface area contributed by atoms with Gasteiger partial charge in [0.05, 0.1) is 0 Å². The summed E-state index contributed by atoms with van der Waals surface area (Å²) >= 11 is 9.71. The van der Waals surface area contributed by atoms with E-state index in [-0.39, 0.29) is 0 Å². The highest BCUT2D eigenvalue weighted by atomic mass is 80.0. The Balaban J connectivity index is 2.86. The van der Waals surface area contributed by atoms with Gasteiger partial charge in [0, 0.05) is 18.0 Å². The number of rotatable bonds is 1. The van der Waals surface area contributed by atoms with Crippen LogP contribution >= 0.6 is 47.8 Å². The molecule has 0 aliphatic heterocycles. The highest BCUT2D eigenvalue weighted by molar-refractivity contribution is 9.39. The predicted molar refractivity (Wildman–Crippen MR) is 58.7 cm³/mol. The van der Waals surface area contributed by atoms with Gasteiger partial charge in [-0.2, -0.15) is 0 Å². The van der Waals surface area contributed by atoms with Gasteiger partial charge in [0.15, 0.2) is 2.14 Å². The van der Waals surface area contributed by atoms with E-state index in [0.717, 1.165) is 5.56 Å². The number of halogens is 3. The number of alkyl halides is 3. The average molecular weight is 360 g/mol. The van der Waals surface area contributed by atoms with Gasteiger partial charge in [-0.1, -0.05) is 53.9 Å². The second-order valence-corrected chi connectivity index (χ2v) is 9.18. The van der Waals surface area contributed by atoms with Gasteiger partial charge in [-0.15, -0.1) is 0 Å². The van der Waals surface area contributed by atoms with Crippen LogP contribution in [0.4, 0.5) is 0 Å². The highest BCUT2D eigenvalue weighted by Gasteiger charge is 2.30. The molecule has 0 bridgehead atoms. The zero-order chi connectivity index (χ0) is 9.19. The van der Waals surface area contributed by atoms with Crippen LogP contribution in [0.3, 0.4) is 0 Å². The first-order valence-corrected chi connectivity index (χ1v) is 5.54. The molecule has 5 heteroatoms. The lowest BCUT2D eigenvalue weighted by atomic mass is 10.2. The number of aliphatic hydroxyl groups excluding tert-OH is 1. The largest absolute Gasteiger partial charge is 0.385 e. The first-order valence-electron chi connectivity index (χ1n) is 3.16. The summed E-state index contributed by atoms with van der Waals surface area (Å²) in [4.78, 5) is 3.90. The molecular formula is C7H6Br3NO. The molecule has 0 saturated heterocycles. The van der Waals surface area contributed by atoms with Gasteiger partial charge < -0.3 is 5.11 Å². The van der Waals surface area contributed by atoms with Crippen molar-refractivity contribution in [1.82, 2.24) is 4.98 Å². The number of aliphatic hydroxyl groups is 1. The summed E-state index contributed by atoms with van der Waals surface area (Å²) < 4.78 is -0.684. The minimum Gasteiger partial charge on any atom is -0.385 e. The Bertz CT molecular complexity index is 247. The molecular weight excluding hydrogens is 354 g/mol. The van der Waals surface area contributed by atoms with E-state index in [0.29, 0.717) is 0 Å². The Labute approximate surface area is 95.8 Å². The lowest BCUT2D eigenvalue weighted by Gasteiger charge is -2.19. The van der Waals surface area contributed by atoms with Crippen molar-refractivity contribution in [3.8, 4) is 0 Å². The fraction of sp³-hybridized carbons (Fsp3) is 0.286. The molecule has 1 heterocycles. The van der Waals surface area contributed by atoms with Crippen LogP contribution in [0.1, 0.15) is 11.7 Å². The molecule has 66 valence electrons. The van der Waals surface area contributed by atoms with E-state index in [9.17, 15) is 5.11 Å². The Hall–Kier alpha value is 0.550. The SMILES string of the molecule is OC(c1cccnc1)C(Br)(Br)Br. The van der Waals surface area contributed by atoms with Crippen molar-refractivity contribution in [2.75, 3.05) is 0 Å². The maximum Gasteiger partial charge on any atom is 0.164 e. The number of pyridine rings is 1. The topological polar surface area (TPSA) is 33.1 Å². The van der Waals surface area contributed by atoms with Gasteiger partial charge in [-0.05, 0) is 6.07 Å². The van der Waals surface area contributed by atoms with E-state index in [1.807, 2.05) is 0 Å². The van der Waals surface area contributed by atoms with Crippen molar-refractivity contribution in [2.45, 2.75) is 8.25 Å². The Kier molecular flexibility index (Phi) is 3.70. The lowest BCUT2D eigenvalue weighted by molar-refractivity contribution is 0.193. The van der Waals surface area contributed by atoms with E-state index < -0.39 is 8.25 Å². The highest BCUT2D eigenvalue weighted by Crippen LogP contribution is 2.44. The maximum atomic E-state index is 9.68. The third-order valence-corrected chi connectivity index (χ3v) is 2.61. The molecule has 0 aliphatic carbocycles. The van der Waals surface area contributed by atoms with Crippen LogP contribution in [-0.4, -0.2) is 12.2 Å². The second-order valence-electron chi connectivity index (χ2n) is 2.23. The Morgan fingerprint density at radius 3 is 2.50 bits per heavy atom. The van der Waals surface area contributed by atoms with E-state index in [1.165, 1.54) is 0 Å². The summed E-state index contributed by atoms with van der Waals surface area (Å²) in [7, 11) is 0. The third-order valence-electron chi connectivity index (χ3n) is 1.31. The van der Waals surface area contributed by atoms with E-state index in [4.69, 9.17) is 0 Å². The van der Waals surface area contributed by atoms with Crippen molar-refractivity contribution in [3.63, 3.8) is 0 Å². The van der Waals surface area contributed by atoms with Gasteiger partial charge in [0.2, 0.25) is 0 Å². The zero-order valence-electron chi connectivity index (χ0n) is 5.92. The lowest BCUT2D eigenvalue weighted by Crippen LogP contribution is -2.14. The summed E-state index contributed by atoms with van der Waals surface area (Å²) in [5, 5.41) is 9.68. The number of hydrogen-bond donors (Lipinski definition) is 1. The van der Waals surface area contributed by atoms with Crippen LogP contribution in [0.15, 0.2) is 24.5 Å². The zero-order valence-corrected chi connectivity index (χ0v) is 10.7. The maximum absolute atomic E-state index is 9.68. The molecule has 1 atom stereocenters. The molecule has 1 aromatic rings. The molecule has 0 amide bonds. The Morgan fingerprint density at radius 1 is 1.42 bits per heavy atom. The van der Waals surface area contributed by atoms with Crippen molar-refractivity contribution in [1.29, 1.82) is 0 Å². The molecule has 0 saturated carbocycles. The summed E-state index contributed by atoms with van der Waals surface area (Å²) in [6.07, 6.45) is 2.59. The first-order chi connectivity index (χ1) is 5.52. The molecule has 0 aromatic carbocycles. The molecule has 1 N–H and O–H groups in total. The van der Waals surface area contributed by atoms with Gasteiger partial charge >= 0.3 is 0 Å². The van der Waals surface area contributed by atoms with Gasteiger partial charge in [0.25, 0.3) is 0 Å². The minimum atomic E-state index is -0.689. The fourth-order valence-electron chi connectivity index (χ4n) is 0.727. The molecule has 1 aromatic heterocycles. The first kappa shape index (κ1) is 10.6. The number of aromatic nitrogens is 1. The number of hydrogen-bond acceptors (Lipinski definition) is 2. The normalized spacial score (nSPS) is 14.3. The van der Waals surface area contributed by atoms with Crippen molar-refractivity contribution in [2.24, 2.45) is 0 Å². The van der Waals surface area contributed by atoms with E-state index in [1.54, 1.807) is 24.5 Å². The quantitative estimate of drug-likeness (QED) is 0.782. The summed E-state index contributed by atoms with van der Waals surface area (Å²) in [5.41, 5.74) is 0.739.